The zero-order valence-corrected chi connectivity index (χ0v) is 11.7. The van der Waals surface area contributed by atoms with E-state index in [9.17, 15) is 13.2 Å². The molecule has 1 saturated heterocycles. The van der Waals surface area contributed by atoms with Gasteiger partial charge in [-0.05, 0) is 12.0 Å². The predicted octanol–water partition coefficient (Wildman–Crippen LogP) is 0.965. The number of ketones is 1. The lowest BCUT2D eigenvalue weighted by Crippen LogP contribution is -2.46. The summed E-state index contributed by atoms with van der Waals surface area (Å²) in [5, 5.41) is 3.10. The Kier molecular flexibility index (Phi) is 4.71. The van der Waals surface area contributed by atoms with Crippen LogP contribution in [0, 0.1) is 0 Å². The normalized spacial score (nSPS) is 22.0. The first-order valence-electron chi connectivity index (χ1n) is 6.54. The molecule has 1 fully saturated rings. The molecule has 104 valence electrons. The van der Waals surface area contributed by atoms with Crippen LogP contribution in [0.15, 0.2) is 30.3 Å². The molecule has 0 bridgehead atoms. The van der Waals surface area contributed by atoms with E-state index in [4.69, 9.17) is 0 Å². The minimum absolute atomic E-state index is 0.0874. The summed E-state index contributed by atoms with van der Waals surface area (Å²) >= 11 is 0. The number of rotatable bonds is 5. The molecule has 19 heavy (non-hydrogen) atoms. The molecule has 0 aliphatic carbocycles. The molecule has 1 aromatic rings. The molecule has 0 saturated carbocycles. The van der Waals surface area contributed by atoms with Gasteiger partial charge < -0.3 is 5.32 Å². The number of Topliss-reactive ketones (excluding diaryl/α,β-unsaturated/α-hetero) is 1. The van der Waals surface area contributed by atoms with Crippen LogP contribution < -0.4 is 5.32 Å². The number of carbonyl (C=O) groups excluding carboxylic acids is 1. The highest BCUT2D eigenvalue weighted by Crippen LogP contribution is 2.09. The van der Waals surface area contributed by atoms with Crippen molar-refractivity contribution in [3.63, 3.8) is 0 Å². The monoisotopic (exact) mass is 281 g/mol. The van der Waals surface area contributed by atoms with Crippen molar-refractivity contribution >= 4 is 15.6 Å². The average Bonchev–Trinajstić information content (AvgIpc) is 2.36. The Labute approximate surface area is 114 Å². The average molecular weight is 281 g/mol. The molecule has 1 unspecified atom stereocenters. The largest absolute Gasteiger partial charge is 0.312 e. The van der Waals surface area contributed by atoms with Crippen LogP contribution in [0.5, 0.6) is 0 Å². The third-order valence-corrected chi connectivity index (χ3v) is 5.05. The van der Waals surface area contributed by atoms with E-state index in [0.717, 1.165) is 12.0 Å². The number of sulfone groups is 1. The molecule has 0 spiro atoms. The molecule has 0 amide bonds. The van der Waals surface area contributed by atoms with Gasteiger partial charge in [0.15, 0.2) is 9.84 Å². The highest BCUT2D eigenvalue weighted by atomic mass is 32.2. The summed E-state index contributed by atoms with van der Waals surface area (Å²) in [7, 11) is -2.96. The fourth-order valence-corrected chi connectivity index (χ4v) is 3.75. The molecule has 1 aromatic carbocycles. The van der Waals surface area contributed by atoms with Gasteiger partial charge in [-0.3, -0.25) is 4.79 Å². The highest BCUT2D eigenvalue weighted by Gasteiger charge is 2.25. The molecule has 4 nitrogen and oxygen atoms in total. The summed E-state index contributed by atoms with van der Waals surface area (Å²) in [5.41, 5.74) is 1.14. The lowest BCUT2D eigenvalue weighted by Gasteiger charge is -2.22. The van der Waals surface area contributed by atoms with Crippen molar-refractivity contribution in [1.82, 2.24) is 5.32 Å². The molecular weight excluding hydrogens is 262 g/mol. The van der Waals surface area contributed by atoms with Gasteiger partial charge in [0.25, 0.3) is 0 Å². The molecule has 1 heterocycles. The molecular formula is C14H19NO3S. The van der Waals surface area contributed by atoms with Crippen molar-refractivity contribution < 1.29 is 13.2 Å². The Morgan fingerprint density at radius 1 is 1.26 bits per heavy atom. The number of nitrogens with one attached hydrogen (secondary N) is 1. The fourth-order valence-electron chi connectivity index (χ4n) is 2.30. The zero-order chi connectivity index (χ0) is 13.7. The van der Waals surface area contributed by atoms with E-state index in [1.807, 2.05) is 30.3 Å². The van der Waals surface area contributed by atoms with Crippen LogP contribution >= 0.6 is 0 Å². The number of aryl methyl sites for hydroxylation is 1. The third kappa shape index (κ3) is 4.76. The predicted molar refractivity (Wildman–Crippen MR) is 74.8 cm³/mol. The molecule has 0 radical (unpaired) electrons. The first-order chi connectivity index (χ1) is 9.05. The van der Waals surface area contributed by atoms with Gasteiger partial charge in [-0.2, -0.15) is 0 Å². The molecule has 5 heteroatoms. The summed E-state index contributed by atoms with van der Waals surface area (Å²) < 4.78 is 22.9. The third-order valence-electron chi connectivity index (χ3n) is 3.31. The van der Waals surface area contributed by atoms with E-state index in [1.165, 1.54) is 0 Å². The van der Waals surface area contributed by atoms with Crippen LogP contribution in [0.1, 0.15) is 18.4 Å². The Morgan fingerprint density at radius 3 is 2.68 bits per heavy atom. The van der Waals surface area contributed by atoms with Crippen molar-refractivity contribution in [3.8, 4) is 0 Å². The van der Waals surface area contributed by atoms with Crippen LogP contribution in [0.3, 0.4) is 0 Å². The maximum atomic E-state index is 11.9. The highest BCUT2D eigenvalue weighted by molar-refractivity contribution is 7.91. The lowest BCUT2D eigenvalue weighted by molar-refractivity contribution is -0.119. The van der Waals surface area contributed by atoms with Crippen molar-refractivity contribution in [2.45, 2.75) is 25.3 Å². The van der Waals surface area contributed by atoms with Crippen LogP contribution in [0.25, 0.3) is 0 Å². The second-order valence-electron chi connectivity index (χ2n) is 4.99. The molecule has 1 aliphatic rings. The van der Waals surface area contributed by atoms with Gasteiger partial charge >= 0.3 is 0 Å². The zero-order valence-electron chi connectivity index (χ0n) is 10.8. The first kappa shape index (κ1) is 14.2. The summed E-state index contributed by atoms with van der Waals surface area (Å²) in [5.74, 6) is 0.393. The van der Waals surface area contributed by atoms with Crippen LogP contribution in [0.2, 0.25) is 0 Å². The summed E-state index contributed by atoms with van der Waals surface area (Å²) in [6, 6.07) is 9.64. The van der Waals surface area contributed by atoms with Crippen LogP contribution in [-0.4, -0.2) is 38.3 Å². The minimum atomic E-state index is -2.96. The standard InChI is InChI=1S/C14H19NO3S/c16-14(7-6-12-4-2-1-3-5-12)10-13-11-19(17,18)9-8-15-13/h1-5,13,15H,6-11H2. The van der Waals surface area contributed by atoms with Crippen LogP contribution in [-0.2, 0) is 21.1 Å². The second-order valence-corrected chi connectivity index (χ2v) is 7.22. The van der Waals surface area contributed by atoms with Gasteiger partial charge in [-0.25, -0.2) is 8.42 Å². The quantitative estimate of drug-likeness (QED) is 0.873. The number of hydrogen-bond donors (Lipinski definition) is 1. The first-order valence-corrected chi connectivity index (χ1v) is 8.37. The fraction of sp³-hybridized carbons (Fsp3) is 0.500. The van der Waals surface area contributed by atoms with Crippen molar-refractivity contribution in [3.05, 3.63) is 35.9 Å². The van der Waals surface area contributed by atoms with Gasteiger partial charge in [0.2, 0.25) is 0 Å². The Morgan fingerprint density at radius 2 is 2.00 bits per heavy atom. The molecule has 2 rings (SSSR count). The van der Waals surface area contributed by atoms with Gasteiger partial charge in [-0.1, -0.05) is 30.3 Å². The maximum absolute atomic E-state index is 11.9. The summed E-state index contributed by atoms with van der Waals surface area (Å²) in [6.45, 7) is 0.457. The Bertz CT molecular complexity index is 525. The molecule has 0 aromatic heterocycles. The van der Waals surface area contributed by atoms with E-state index >= 15 is 0 Å². The van der Waals surface area contributed by atoms with E-state index in [0.29, 0.717) is 19.4 Å². The Balaban J connectivity index is 1.78. The SMILES string of the molecule is O=C(CCc1ccccc1)CC1CS(=O)(=O)CCN1. The van der Waals surface area contributed by atoms with E-state index in [2.05, 4.69) is 5.32 Å². The summed E-state index contributed by atoms with van der Waals surface area (Å²) in [4.78, 5) is 11.9. The summed E-state index contributed by atoms with van der Waals surface area (Å²) in [6.07, 6.45) is 1.51. The number of benzene rings is 1. The number of hydrogen-bond acceptors (Lipinski definition) is 4. The van der Waals surface area contributed by atoms with Crippen LogP contribution in [0.4, 0.5) is 0 Å². The van der Waals surface area contributed by atoms with Gasteiger partial charge in [-0.15, -0.1) is 0 Å². The Hall–Kier alpha value is -1.20. The smallest absolute Gasteiger partial charge is 0.153 e. The van der Waals surface area contributed by atoms with E-state index in [-0.39, 0.29) is 23.3 Å². The van der Waals surface area contributed by atoms with E-state index in [1.54, 1.807) is 0 Å². The second kappa shape index (κ2) is 6.30. The molecule has 1 atom stereocenters. The van der Waals surface area contributed by atoms with Gasteiger partial charge in [0.1, 0.15) is 5.78 Å². The topological polar surface area (TPSA) is 63.2 Å². The molecule has 1 aliphatic heterocycles. The maximum Gasteiger partial charge on any atom is 0.153 e. The van der Waals surface area contributed by atoms with E-state index < -0.39 is 9.84 Å². The van der Waals surface area contributed by atoms with Crippen molar-refractivity contribution in [2.75, 3.05) is 18.1 Å². The minimum Gasteiger partial charge on any atom is -0.312 e. The van der Waals surface area contributed by atoms with Gasteiger partial charge in [0, 0.05) is 25.4 Å². The lowest BCUT2D eigenvalue weighted by atomic mass is 10.0. The number of carbonyl (C=O) groups is 1. The van der Waals surface area contributed by atoms with Gasteiger partial charge in [0.05, 0.1) is 11.5 Å². The molecule has 1 N–H and O–H groups in total. The van der Waals surface area contributed by atoms with Crippen molar-refractivity contribution in [1.29, 1.82) is 0 Å². The van der Waals surface area contributed by atoms with Crippen molar-refractivity contribution in [2.24, 2.45) is 0 Å².